The molecule has 14 rings (SSSR count). The predicted octanol–water partition coefficient (Wildman–Crippen LogP) is 14.3. The Kier molecular flexibility index (Phi) is 6.46. The first kappa shape index (κ1) is 35.3. The highest BCUT2D eigenvalue weighted by Gasteiger charge is 2.47. The molecule has 4 aliphatic rings. The van der Waals surface area contributed by atoms with Gasteiger partial charge in [-0.3, -0.25) is 0 Å². The zero-order chi connectivity index (χ0) is 41.8. The second-order valence-electron chi connectivity index (χ2n) is 20.5. The van der Waals surface area contributed by atoms with E-state index in [1.54, 1.807) is 0 Å². The maximum absolute atomic E-state index is 2.72. The summed E-state index contributed by atoms with van der Waals surface area (Å²) in [7, 11) is 0. The van der Waals surface area contributed by atoms with Crippen LogP contribution in [0.4, 0.5) is 11.4 Å². The minimum absolute atomic E-state index is 0.0482. The van der Waals surface area contributed by atoms with Crippen LogP contribution in [0.15, 0.2) is 146 Å². The van der Waals surface area contributed by atoms with E-state index < -0.39 is 0 Å². The van der Waals surface area contributed by atoms with Crippen molar-refractivity contribution in [1.29, 1.82) is 0 Å². The monoisotopic (exact) mass is 812 g/mol. The van der Waals surface area contributed by atoms with Gasteiger partial charge in [0.15, 0.2) is 0 Å². The summed E-state index contributed by atoms with van der Waals surface area (Å²) < 4.78 is 5.35. The molecule has 2 aromatic heterocycles. The van der Waals surface area contributed by atoms with E-state index in [-0.39, 0.29) is 23.1 Å². The van der Waals surface area contributed by atoms with Crippen LogP contribution < -0.4 is 15.7 Å². The zero-order valence-electron chi connectivity index (χ0n) is 36.2. The smallest absolute Gasteiger partial charge is 0.333 e. The Bertz CT molecular complexity index is 3680. The Balaban J connectivity index is 1.15. The van der Waals surface area contributed by atoms with Gasteiger partial charge in [0.1, 0.15) is 0 Å². The molecule has 0 N–H and O–H groups in total. The molecule has 0 amide bonds. The first-order valence-corrected chi connectivity index (χ1v) is 23.1. The molecule has 0 bridgehead atoms. The molecule has 0 atom stereocenters. The van der Waals surface area contributed by atoms with Crippen molar-refractivity contribution in [2.45, 2.75) is 64.7 Å². The second kappa shape index (κ2) is 11.4. The number of hydrogen-bond donors (Lipinski definition) is 0. The first-order chi connectivity index (χ1) is 29.9. The van der Waals surface area contributed by atoms with E-state index in [4.69, 9.17) is 0 Å². The van der Waals surface area contributed by atoms with Gasteiger partial charge in [-0.1, -0.05) is 146 Å². The summed E-state index contributed by atoms with van der Waals surface area (Å²) in [6, 6.07) is 56.9. The average Bonchev–Trinajstić information content (AvgIpc) is 3.94. The fourth-order valence-corrected chi connectivity index (χ4v) is 13.5. The molecule has 0 fully saturated rings. The van der Waals surface area contributed by atoms with Gasteiger partial charge < -0.3 is 9.38 Å². The Hall–Kier alpha value is -6.36. The zero-order valence-corrected chi connectivity index (χ0v) is 37.1. The van der Waals surface area contributed by atoms with Gasteiger partial charge in [0.25, 0.3) is 0 Å². The Morgan fingerprint density at radius 3 is 1.87 bits per heavy atom. The van der Waals surface area contributed by atoms with Crippen molar-refractivity contribution in [2.75, 3.05) is 4.81 Å². The number of benzene rings is 8. The molecule has 10 aromatic rings. The van der Waals surface area contributed by atoms with E-state index in [2.05, 4.69) is 203 Å². The Morgan fingerprint density at radius 2 is 1.15 bits per heavy atom. The fourth-order valence-electron chi connectivity index (χ4n) is 12.4. The number of fused-ring (bicyclic) bond motifs is 17. The average molecular weight is 813 g/mol. The van der Waals surface area contributed by atoms with Crippen LogP contribution in [-0.2, 0) is 16.2 Å². The highest BCUT2D eigenvalue weighted by Crippen LogP contribution is 2.56. The van der Waals surface area contributed by atoms with Gasteiger partial charge in [-0.25, -0.2) is 0 Å². The molecular formula is C58H45BN2S. The first-order valence-electron chi connectivity index (χ1n) is 22.3. The van der Waals surface area contributed by atoms with Gasteiger partial charge in [-0.2, -0.15) is 0 Å². The maximum atomic E-state index is 2.72. The maximum Gasteiger partial charge on any atom is 0.333 e. The van der Waals surface area contributed by atoms with E-state index in [0.717, 1.165) is 0 Å². The van der Waals surface area contributed by atoms with Crippen molar-refractivity contribution in [3.63, 3.8) is 0 Å². The SMILES string of the molecule is CC(C)(C)c1ccc(N2B3c4cc5c(cc4-n4c6cc7c(cc6c6ccc(c3c64)-c3cc4c(cc32)-c2ccccc2C4(C)C)-c2ccccc2C7(C)C)sc2ccccc25)cc1. The summed E-state index contributed by atoms with van der Waals surface area (Å²) >= 11 is 1.92. The number of hydrogen-bond acceptors (Lipinski definition) is 2. The molecule has 2 nitrogen and oxygen atoms in total. The third-order valence-corrected chi connectivity index (χ3v) is 16.7. The lowest BCUT2D eigenvalue weighted by atomic mass is 9.44. The summed E-state index contributed by atoms with van der Waals surface area (Å²) in [5, 5.41) is 5.34. The van der Waals surface area contributed by atoms with Crippen molar-refractivity contribution < 1.29 is 0 Å². The Morgan fingerprint density at radius 1 is 0.484 bits per heavy atom. The molecule has 0 saturated heterocycles. The molecule has 0 saturated carbocycles. The molecule has 4 heteroatoms. The number of anilines is 2. The van der Waals surface area contributed by atoms with E-state index in [9.17, 15) is 0 Å². The lowest BCUT2D eigenvalue weighted by Gasteiger charge is -2.42. The van der Waals surface area contributed by atoms with Crippen LogP contribution in [0.5, 0.6) is 0 Å². The van der Waals surface area contributed by atoms with Gasteiger partial charge in [0, 0.05) is 64.4 Å². The van der Waals surface area contributed by atoms with Crippen LogP contribution in [0, 0.1) is 0 Å². The van der Waals surface area contributed by atoms with E-state index in [0.29, 0.717) is 0 Å². The molecule has 0 spiro atoms. The molecule has 8 aromatic carbocycles. The van der Waals surface area contributed by atoms with Crippen LogP contribution >= 0.6 is 11.3 Å². The van der Waals surface area contributed by atoms with E-state index in [1.807, 2.05) is 11.3 Å². The highest BCUT2D eigenvalue weighted by atomic mass is 32.1. The molecule has 0 radical (unpaired) electrons. The Labute approximate surface area is 367 Å². The van der Waals surface area contributed by atoms with Crippen LogP contribution in [-0.4, -0.2) is 11.4 Å². The van der Waals surface area contributed by atoms with Crippen molar-refractivity contribution in [1.82, 2.24) is 4.57 Å². The van der Waals surface area contributed by atoms with Crippen LogP contribution in [0.3, 0.4) is 0 Å². The largest absolute Gasteiger partial charge is 0.376 e. The van der Waals surface area contributed by atoms with Gasteiger partial charge in [-0.15, -0.1) is 11.3 Å². The lowest BCUT2D eigenvalue weighted by Crippen LogP contribution is -2.60. The van der Waals surface area contributed by atoms with Gasteiger partial charge in [0.2, 0.25) is 0 Å². The number of nitrogens with zero attached hydrogens (tertiary/aromatic N) is 2. The van der Waals surface area contributed by atoms with Crippen molar-refractivity contribution >= 4 is 82.5 Å². The second-order valence-corrected chi connectivity index (χ2v) is 21.6. The van der Waals surface area contributed by atoms with Crippen LogP contribution in [0.2, 0.25) is 0 Å². The predicted molar refractivity (Wildman–Crippen MR) is 267 cm³/mol. The van der Waals surface area contributed by atoms with E-state index >= 15 is 0 Å². The minimum Gasteiger partial charge on any atom is -0.376 e. The normalized spacial score (nSPS) is 15.9. The van der Waals surface area contributed by atoms with Crippen molar-refractivity contribution in [3.8, 4) is 39.1 Å². The van der Waals surface area contributed by atoms with Gasteiger partial charge >= 0.3 is 6.85 Å². The topological polar surface area (TPSA) is 8.17 Å². The fraction of sp³-hybridized carbons (Fsp3) is 0.172. The number of thiophene rings is 1. The molecular weight excluding hydrogens is 768 g/mol. The van der Waals surface area contributed by atoms with Crippen molar-refractivity contribution in [2.24, 2.45) is 0 Å². The molecule has 296 valence electrons. The van der Waals surface area contributed by atoms with Crippen LogP contribution in [0.1, 0.15) is 76.3 Å². The standard InChI is InChI=1S/C58H45BN2S/c1-56(2,3)32-20-22-33(23-21-32)61-50-29-40-35-15-9-12-18-45(35)57(4,5)46(40)27-42(50)37-24-25-38-41-26-39-34-14-8-11-17-44(34)58(6,7)47(39)30-49(41)60-51-31-53-43(36-16-10-13-19-52(36)62-53)28-48(51)59(61)54(37)55(38)60/h8-31H,1-7H3. The summed E-state index contributed by atoms with van der Waals surface area (Å²) in [4.78, 5) is 2.72. The third kappa shape index (κ3) is 4.22. The molecule has 2 aliphatic carbocycles. The summed E-state index contributed by atoms with van der Waals surface area (Å²) in [5.41, 5.74) is 24.1. The molecule has 0 unspecified atom stereocenters. The number of aromatic nitrogens is 1. The van der Waals surface area contributed by atoms with Crippen LogP contribution in [0.25, 0.3) is 81.0 Å². The summed E-state index contributed by atoms with van der Waals surface area (Å²) in [5.74, 6) is 0. The molecule has 4 heterocycles. The van der Waals surface area contributed by atoms with Gasteiger partial charge in [0.05, 0.1) is 11.0 Å². The lowest BCUT2D eigenvalue weighted by molar-refractivity contribution is 0.590. The van der Waals surface area contributed by atoms with E-state index in [1.165, 1.54) is 131 Å². The molecule has 62 heavy (non-hydrogen) atoms. The number of rotatable bonds is 1. The third-order valence-electron chi connectivity index (χ3n) is 15.5. The highest BCUT2D eigenvalue weighted by molar-refractivity contribution is 7.25. The minimum atomic E-state index is -0.116. The summed E-state index contributed by atoms with van der Waals surface area (Å²) in [6.07, 6.45) is 0. The van der Waals surface area contributed by atoms with Crippen molar-refractivity contribution in [3.05, 3.63) is 173 Å². The molecule has 2 aliphatic heterocycles. The quantitative estimate of drug-likeness (QED) is 0.150. The van der Waals surface area contributed by atoms with Gasteiger partial charge in [-0.05, 0) is 121 Å². The summed E-state index contributed by atoms with van der Waals surface area (Å²) in [6.45, 7) is 16.5.